The molecule has 3 N–H and O–H groups in total. The van der Waals surface area contributed by atoms with Crippen molar-refractivity contribution < 1.29 is 14.6 Å². The standard InChI is InChI=1S/C22H27N3O4/c1-12(2)7-16-11-18(24-22(28)23-16)21(27)25-20(15-9-17(26)10-15)14-3-4-19-13(8-14)5-6-29-19/h3-4,8,11-12,15,17,20,26H,5-7,9-10H2,1-2H3,(H,25,27)(H,23,24,28)/t15?,17?,20-/m1/s1. The first kappa shape index (κ1) is 19.6. The molecule has 2 aliphatic rings. The molecule has 0 saturated heterocycles. The Hall–Kier alpha value is -2.67. The van der Waals surface area contributed by atoms with Crippen LogP contribution in [-0.2, 0) is 12.8 Å². The van der Waals surface area contributed by atoms with E-state index in [-0.39, 0.29) is 29.7 Å². The van der Waals surface area contributed by atoms with Gasteiger partial charge in [0.2, 0.25) is 0 Å². The highest BCUT2D eigenvalue weighted by Crippen LogP contribution is 2.39. The summed E-state index contributed by atoms with van der Waals surface area (Å²) in [6, 6.07) is 7.40. The highest BCUT2D eigenvalue weighted by Gasteiger charge is 2.36. The summed E-state index contributed by atoms with van der Waals surface area (Å²) in [7, 11) is 0. The Kier molecular flexibility index (Phi) is 5.41. The predicted octanol–water partition coefficient (Wildman–Crippen LogP) is 2.15. The van der Waals surface area contributed by atoms with Gasteiger partial charge in [-0.15, -0.1) is 0 Å². The topological polar surface area (TPSA) is 104 Å². The summed E-state index contributed by atoms with van der Waals surface area (Å²) in [5.41, 5.74) is 2.44. The van der Waals surface area contributed by atoms with Crippen LogP contribution in [-0.4, -0.2) is 33.7 Å². The molecule has 1 aromatic carbocycles. The molecule has 7 heteroatoms. The molecule has 154 valence electrons. The van der Waals surface area contributed by atoms with Gasteiger partial charge in [-0.3, -0.25) is 4.79 Å². The van der Waals surface area contributed by atoms with Gasteiger partial charge in [0.05, 0.1) is 18.8 Å². The van der Waals surface area contributed by atoms with Gasteiger partial charge in [0.15, 0.2) is 0 Å². The number of H-pyrrole nitrogens is 1. The largest absolute Gasteiger partial charge is 0.493 e. The van der Waals surface area contributed by atoms with E-state index in [1.165, 1.54) is 0 Å². The molecule has 1 atom stereocenters. The van der Waals surface area contributed by atoms with Crippen LogP contribution in [0.1, 0.15) is 60.0 Å². The normalized spacial score (nSPS) is 21.2. The van der Waals surface area contributed by atoms with E-state index in [0.29, 0.717) is 37.5 Å². The molecule has 29 heavy (non-hydrogen) atoms. The number of aliphatic hydroxyl groups is 1. The van der Waals surface area contributed by atoms with Crippen LogP contribution < -0.4 is 15.7 Å². The second-order valence-electron chi connectivity index (χ2n) is 8.50. The van der Waals surface area contributed by atoms with Crippen molar-refractivity contribution in [3.63, 3.8) is 0 Å². The van der Waals surface area contributed by atoms with Gasteiger partial charge in [0.25, 0.3) is 5.91 Å². The second kappa shape index (κ2) is 7.99. The minimum atomic E-state index is -0.515. The fourth-order valence-electron chi connectivity index (χ4n) is 4.16. The quantitative estimate of drug-likeness (QED) is 0.693. The number of hydrogen-bond acceptors (Lipinski definition) is 5. The van der Waals surface area contributed by atoms with E-state index >= 15 is 0 Å². The summed E-state index contributed by atoms with van der Waals surface area (Å²) in [5, 5.41) is 12.9. The first-order valence-electron chi connectivity index (χ1n) is 10.2. The van der Waals surface area contributed by atoms with Gasteiger partial charge in [0.1, 0.15) is 11.4 Å². The molecule has 1 aromatic heterocycles. The fraction of sp³-hybridized carbons (Fsp3) is 0.500. The third-order valence-corrected chi connectivity index (χ3v) is 5.64. The molecule has 1 fully saturated rings. The van der Waals surface area contributed by atoms with Crippen LogP contribution in [0.5, 0.6) is 5.75 Å². The molecule has 0 spiro atoms. The summed E-state index contributed by atoms with van der Waals surface area (Å²) >= 11 is 0. The van der Waals surface area contributed by atoms with E-state index in [4.69, 9.17) is 4.74 Å². The van der Waals surface area contributed by atoms with E-state index in [1.54, 1.807) is 6.07 Å². The number of ether oxygens (including phenoxy) is 1. The molecular weight excluding hydrogens is 370 g/mol. The Morgan fingerprint density at radius 2 is 2.14 bits per heavy atom. The summed E-state index contributed by atoms with van der Waals surface area (Å²) in [5.74, 6) is 1.01. The van der Waals surface area contributed by atoms with Crippen LogP contribution in [0.3, 0.4) is 0 Å². The average molecular weight is 397 g/mol. The summed E-state index contributed by atoms with van der Waals surface area (Å²) in [6.45, 7) is 4.77. The van der Waals surface area contributed by atoms with E-state index in [2.05, 4.69) is 21.4 Å². The molecular formula is C22H27N3O4. The smallest absolute Gasteiger partial charge is 0.345 e. The Balaban J connectivity index is 1.59. The number of aliphatic hydroxyl groups excluding tert-OH is 1. The number of aromatic amines is 1. The fourth-order valence-corrected chi connectivity index (χ4v) is 4.16. The average Bonchev–Trinajstić information content (AvgIpc) is 3.10. The lowest BCUT2D eigenvalue weighted by atomic mass is 9.74. The van der Waals surface area contributed by atoms with Crippen LogP contribution >= 0.6 is 0 Å². The number of aromatic nitrogens is 2. The number of carbonyl (C=O) groups excluding carboxylic acids is 1. The number of benzene rings is 1. The molecule has 1 aliphatic carbocycles. The maximum atomic E-state index is 13.0. The lowest BCUT2D eigenvalue weighted by molar-refractivity contribution is 0.0234. The highest BCUT2D eigenvalue weighted by atomic mass is 16.5. The van der Waals surface area contributed by atoms with Crippen molar-refractivity contribution in [2.45, 2.75) is 51.7 Å². The number of fused-ring (bicyclic) bond motifs is 1. The Morgan fingerprint density at radius 1 is 1.34 bits per heavy atom. The summed E-state index contributed by atoms with van der Waals surface area (Å²) in [6.07, 6.45) is 2.47. The lowest BCUT2D eigenvalue weighted by Crippen LogP contribution is -2.42. The maximum Gasteiger partial charge on any atom is 0.345 e. The van der Waals surface area contributed by atoms with Gasteiger partial charge in [-0.05, 0) is 60.4 Å². The molecule has 1 aliphatic heterocycles. The van der Waals surface area contributed by atoms with Crippen molar-refractivity contribution in [2.24, 2.45) is 11.8 Å². The number of amides is 1. The van der Waals surface area contributed by atoms with Crippen LogP contribution in [0, 0.1) is 11.8 Å². The van der Waals surface area contributed by atoms with E-state index < -0.39 is 5.69 Å². The van der Waals surface area contributed by atoms with Crippen molar-refractivity contribution in [2.75, 3.05) is 6.61 Å². The zero-order valence-electron chi connectivity index (χ0n) is 16.8. The molecule has 2 aromatic rings. The van der Waals surface area contributed by atoms with Gasteiger partial charge >= 0.3 is 5.69 Å². The van der Waals surface area contributed by atoms with Crippen LogP contribution in [0.2, 0.25) is 0 Å². The van der Waals surface area contributed by atoms with E-state index in [0.717, 1.165) is 23.3 Å². The maximum absolute atomic E-state index is 13.0. The Morgan fingerprint density at radius 3 is 2.86 bits per heavy atom. The van der Waals surface area contributed by atoms with Crippen molar-refractivity contribution >= 4 is 5.91 Å². The minimum Gasteiger partial charge on any atom is -0.493 e. The number of carbonyl (C=O) groups is 1. The second-order valence-corrected chi connectivity index (χ2v) is 8.50. The van der Waals surface area contributed by atoms with Crippen molar-refractivity contribution in [3.05, 3.63) is 57.3 Å². The van der Waals surface area contributed by atoms with E-state index in [1.807, 2.05) is 26.0 Å². The predicted molar refractivity (Wildman–Crippen MR) is 108 cm³/mol. The molecule has 2 heterocycles. The minimum absolute atomic E-state index is 0.124. The molecule has 1 saturated carbocycles. The molecule has 0 radical (unpaired) electrons. The monoisotopic (exact) mass is 397 g/mol. The summed E-state index contributed by atoms with van der Waals surface area (Å²) in [4.78, 5) is 31.5. The van der Waals surface area contributed by atoms with Crippen LogP contribution in [0.25, 0.3) is 0 Å². The van der Waals surface area contributed by atoms with Crippen molar-refractivity contribution in [1.82, 2.24) is 15.3 Å². The van der Waals surface area contributed by atoms with Gasteiger partial charge in [-0.1, -0.05) is 19.9 Å². The van der Waals surface area contributed by atoms with E-state index in [9.17, 15) is 14.7 Å². The van der Waals surface area contributed by atoms with Crippen molar-refractivity contribution in [1.29, 1.82) is 0 Å². The number of nitrogens with zero attached hydrogens (tertiary/aromatic N) is 1. The molecule has 0 unspecified atom stereocenters. The number of nitrogens with one attached hydrogen (secondary N) is 2. The number of rotatable bonds is 6. The third-order valence-electron chi connectivity index (χ3n) is 5.64. The number of hydrogen-bond donors (Lipinski definition) is 3. The van der Waals surface area contributed by atoms with Crippen molar-refractivity contribution in [3.8, 4) is 5.75 Å². The molecule has 0 bridgehead atoms. The van der Waals surface area contributed by atoms with Crippen LogP contribution in [0.4, 0.5) is 0 Å². The third kappa shape index (κ3) is 4.34. The lowest BCUT2D eigenvalue weighted by Gasteiger charge is -2.38. The summed E-state index contributed by atoms with van der Waals surface area (Å²) < 4.78 is 5.58. The Bertz CT molecular complexity index is 963. The van der Waals surface area contributed by atoms with Gasteiger partial charge < -0.3 is 20.1 Å². The van der Waals surface area contributed by atoms with Crippen LogP contribution in [0.15, 0.2) is 29.1 Å². The SMILES string of the molecule is CC(C)Cc1cc(C(=O)N[C@H](c2ccc3c(c2)CCO3)C2CC(O)C2)nc(=O)[nH]1. The first-order valence-corrected chi connectivity index (χ1v) is 10.2. The van der Waals surface area contributed by atoms with Gasteiger partial charge in [-0.2, -0.15) is 4.98 Å². The molecule has 7 nitrogen and oxygen atoms in total. The molecule has 1 amide bonds. The Labute approximate surface area is 169 Å². The van der Waals surface area contributed by atoms with Gasteiger partial charge in [0, 0.05) is 12.1 Å². The molecule has 4 rings (SSSR count). The first-order chi connectivity index (χ1) is 13.9. The highest BCUT2D eigenvalue weighted by molar-refractivity contribution is 5.92. The zero-order chi connectivity index (χ0) is 20.5. The van der Waals surface area contributed by atoms with Gasteiger partial charge in [-0.25, -0.2) is 4.79 Å². The zero-order valence-corrected chi connectivity index (χ0v) is 16.8.